The van der Waals surface area contributed by atoms with Gasteiger partial charge >= 0.3 is 5.97 Å². The summed E-state index contributed by atoms with van der Waals surface area (Å²) in [5.41, 5.74) is 2.19. The third-order valence-corrected chi connectivity index (χ3v) is 4.24. The third-order valence-electron chi connectivity index (χ3n) is 3.91. The van der Waals surface area contributed by atoms with Crippen LogP contribution in [0.5, 0.6) is 0 Å². The number of nitrogens with zero attached hydrogens (tertiary/aromatic N) is 1. The summed E-state index contributed by atoms with van der Waals surface area (Å²) in [6.07, 6.45) is 0.0541. The summed E-state index contributed by atoms with van der Waals surface area (Å²) in [6.45, 7) is 1.75. The van der Waals surface area contributed by atoms with Crippen LogP contribution in [0.1, 0.15) is 21.8 Å². The van der Waals surface area contributed by atoms with Crippen LogP contribution in [-0.4, -0.2) is 24.0 Å². The van der Waals surface area contributed by atoms with Crippen LogP contribution in [0.2, 0.25) is 5.02 Å². The number of benzene rings is 2. The van der Waals surface area contributed by atoms with Gasteiger partial charge in [0.1, 0.15) is 5.76 Å². The molecule has 1 heterocycles. The Morgan fingerprint density at radius 1 is 1.15 bits per heavy atom. The van der Waals surface area contributed by atoms with Gasteiger partial charge in [-0.15, -0.1) is 0 Å². The number of hydrogen-bond acceptors (Lipinski definition) is 5. The van der Waals surface area contributed by atoms with Gasteiger partial charge < -0.3 is 14.5 Å². The molecular weight excluding hydrogens is 368 g/mol. The van der Waals surface area contributed by atoms with E-state index in [0.29, 0.717) is 39.2 Å². The van der Waals surface area contributed by atoms with Crippen molar-refractivity contribution in [3.63, 3.8) is 0 Å². The summed E-state index contributed by atoms with van der Waals surface area (Å²) in [7, 11) is 1.31. The number of aryl methyl sites for hydroxylation is 1. The van der Waals surface area contributed by atoms with Gasteiger partial charge in [0, 0.05) is 5.69 Å². The number of esters is 1. The van der Waals surface area contributed by atoms with Gasteiger partial charge in [0.05, 0.1) is 35.4 Å². The highest BCUT2D eigenvalue weighted by Crippen LogP contribution is 2.28. The number of carbonyl (C=O) groups excluding carboxylic acids is 2. The van der Waals surface area contributed by atoms with Crippen LogP contribution in [0.25, 0.3) is 11.5 Å². The number of ether oxygens (including phenoxy) is 1. The Morgan fingerprint density at radius 2 is 1.85 bits per heavy atom. The molecule has 0 fully saturated rings. The Bertz CT molecular complexity index is 980. The Hall–Kier alpha value is -3.12. The lowest BCUT2D eigenvalue weighted by atomic mass is 10.2. The van der Waals surface area contributed by atoms with E-state index in [9.17, 15) is 9.59 Å². The summed E-state index contributed by atoms with van der Waals surface area (Å²) in [4.78, 5) is 28.1. The molecule has 3 aromatic rings. The van der Waals surface area contributed by atoms with Crippen molar-refractivity contribution in [1.29, 1.82) is 0 Å². The molecule has 1 amide bonds. The minimum atomic E-state index is -0.432. The Labute approximate surface area is 161 Å². The summed E-state index contributed by atoms with van der Waals surface area (Å²) < 4.78 is 10.3. The average Bonchev–Trinajstić information content (AvgIpc) is 3.02. The molecule has 2 aromatic carbocycles. The molecule has 138 valence electrons. The fourth-order valence-corrected chi connectivity index (χ4v) is 2.72. The summed E-state index contributed by atoms with van der Waals surface area (Å²) >= 11 is 6.17. The molecule has 0 saturated heterocycles. The zero-order valence-electron chi connectivity index (χ0n) is 14.8. The van der Waals surface area contributed by atoms with Crippen molar-refractivity contribution >= 4 is 29.2 Å². The molecule has 0 aliphatic heterocycles. The molecule has 6 nitrogen and oxygen atoms in total. The summed E-state index contributed by atoms with van der Waals surface area (Å²) in [5, 5.41) is 3.29. The fourth-order valence-electron chi connectivity index (χ4n) is 2.51. The van der Waals surface area contributed by atoms with Crippen molar-refractivity contribution in [2.45, 2.75) is 13.3 Å². The molecule has 0 atom stereocenters. The summed E-state index contributed by atoms with van der Waals surface area (Å²) in [5.74, 6) is 0.255. The van der Waals surface area contributed by atoms with Gasteiger partial charge in [-0.3, -0.25) is 4.79 Å². The molecule has 1 aromatic heterocycles. The molecule has 0 aliphatic carbocycles. The van der Waals surface area contributed by atoms with Crippen molar-refractivity contribution in [1.82, 2.24) is 4.98 Å². The summed E-state index contributed by atoms with van der Waals surface area (Å²) in [6, 6.07) is 13.6. The van der Waals surface area contributed by atoms with Crippen molar-refractivity contribution in [2.24, 2.45) is 0 Å². The maximum Gasteiger partial charge on any atom is 0.337 e. The quantitative estimate of drug-likeness (QED) is 0.664. The van der Waals surface area contributed by atoms with Gasteiger partial charge in [-0.25, -0.2) is 9.78 Å². The molecule has 3 rings (SSSR count). The first-order chi connectivity index (χ1) is 13.0. The van der Waals surface area contributed by atoms with Crippen LogP contribution in [0.4, 0.5) is 5.69 Å². The molecule has 27 heavy (non-hydrogen) atoms. The Kier molecular flexibility index (Phi) is 5.57. The molecule has 7 heteroatoms. The van der Waals surface area contributed by atoms with Crippen molar-refractivity contribution in [3.05, 3.63) is 70.6 Å². The second-order valence-corrected chi connectivity index (χ2v) is 6.20. The number of oxazole rings is 1. The highest BCUT2D eigenvalue weighted by atomic mass is 35.5. The number of carbonyl (C=O) groups is 2. The van der Waals surface area contributed by atoms with E-state index < -0.39 is 5.97 Å². The van der Waals surface area contributed by atoms with Gasteiger partial charge in [-0.2, -0.15) is 0 Å². The number of rotatable bonds is 5. The van der Waals surface area contributed by atoms with E-state index in [2.05, 4.69) is 15.0 Å². The van der Waals surface area contributed by atoms with Crippen molar-refractivity contribution in [3.8, 4) is 11.5 Å². The Morgan fingerprint density at radius 3 is 2.52 bits per heavy atom. The van der Waals surface area contributed by atoms with E-state index in [4.69, 9.17) is 16.0 Å². The monoisotopic (exact) mass is 384 g/mol. The van der Waals surface area contributed by atoms with Gasteiger partial charge in [0.15, 0.2) is 0 Å². The van der Waals surface area contributed by atoms with Gasteiger partial charge in [-0.05, 0) is 43.3 Å². The van der Waals surface area contributed by atoms with E-state index >= 15 is 0 Å². The normalized spacial score (nSPS) is 10.5. The lowest BCUT2D eigenvalue weighted by molar-refractivity contribution is -0.115. The minimum absolute atomic E-state index is 0.0541. The lowest BCUT2D eigenvalue weighted by Crippen LogP contribution is -2.15. The molecule has 0 aliphatic rings. The molecular formula is C20H17ClN2O4. The van der Waals surface area contributed by atoms with Crippen LogP contribution in [-0.2, 0) is 16.0 Å². The van der Waals surface area contributed by atoms with E-state index in [0.717, 1.165) is 0 Å². The van der Waals surface area contributed by atoms with Crippen LogP contribution < -0.4 is 5.32 Å². The second kappa shape index (κ2) is 8.05. The maximum absolute atomic E-state index is 12.3. The zero-order valence-corrected chi connectivity index (χ0v) is 15.5. The number of nitrogens with one attached hydrogen (secondary N) is 1. The predicted molar refractivity (Wildman–Crippen MR) is 102 cm³/mol. The lowest BCUT2D eigenvalue weighted by Gasteiger charge is -2.05. The number of halogens is 1. The smallest absolute Gasteiger partial charge is 0.337 e. The first-order valence-electron chi connectivity index (χ1n) is 8.17. The molecule has 0 saturated carbocycles. The Balaban J connectivity index is 1.69. The largest absolute Gasteiger partial charge is 0.465 e. The number of aromatic nitrogens is 1. The van der Waals surface area contributed by atoms with Gasteiger partial charge in [-0.1, -0.05) is 23.7 Å². The average molecular weight is 385 g/mol. The first kappa shape index (κ1) is 18.7. The molecule has 0 unspecified atom stereocenters. The minimum Gasteiger partial charge on any atom is -0.465 e. The third kappa shape index (κ3) is 4.35. The van der Waals surface area contributed by atoms with Crippen LogP contribution in [0.15, 0.2) is 52.9 Å². The first-order valence-corrected chi connectivity index (χ1v) is 8.55. The number of methoxy groups -OCH3 is 1. The number of amides is 1. The second-order valence-electron chi connectivity index (χ2n) is 5.80. The highest BCUT2D eigenvalue weighted by Gasteiger charge is 2.16. The highest BCUT2D eigenvalue weighted by molar-refractivity contribution is 6.33. The van der Waals surface area contributed by atoms with Gasteiger partial charge in [0.25, 0.3) is 0 Å². The standard InChI is InChI=1S/C20H17ClN2O4/c1-12-17(23-19(27-12)15-5-3-4-6-16(15)21)11-18(24)22-14-9-7-13(8-10-14)20(25)26-2/h3-10H,11H2,1-2H3,(H,22,24). The van der Waals surface area contributed by atoms with E-state index in [1.807, 2.05) is 12.1 Å². The number of anilines is 1. The van der Waals surface area contributed by atoms with Crippen LogP contribution in [0.3, 0.4) is 0 Å². The number of hydrogen-bond donors (Lipinski definition) is 1. The molecule has 0 bridgehead atoms. The van der Waals surface area contributed by atoms with Crippen LogP contribution >= 0.6 is 11.6 Å². The topological polar surface area (TPSA) is 81.4 Å². The molecule has 1 N–H and O–H groups in total. The van der Waals surface area contributed by atoms with Crippen LogP contribution in [0, 0.1) is 6.92 Å². The zero-order chi connectivity index (χ0) is 19.4. The van der Waals surface area contributed by atoms with E-state index in [-0.39, 0.29) is 12.3 Å². The SMILES string of the molecule is COC(=O)c1ccc(NC(=O)Cc2nc(-c3ccccc3Cl)oc2C)cc1. The molecule has 0 spiro atoms. The van der Waals surface area contributed by atoms with Crippen molar-refractivity contribution in [2.75, 3.05) is 12.4 Å². The predicted octanol–water partition coefficient (Wildman–Crippen LogP) is 4.27. The van der Waals surface area contributed by atoms with E-state index in [1.165, 1.54) is 7.11 Å². The fraction of sp³-hybridized carbons (Fsp3) is 0.150. The van der Waals surface area contributed by atoms with E-state index in [1.54, 1.807) is 43.3 Å². The van der Waals surface area contributed by atoms with Gasteiger partial charge in [0.2, 0.25) is 11.8 Å². The van der Waals surface area contributed by atoms with Crippen molar-refractivity contribution < 1.29 is 18.7 Å². The molecule has 0 radical (unpaired) electrons. The maximum atomic E-state index is 12.3.